The first-order valence-electron chi connectivity index (χ1n) is 7.23. The van der Waals surface area contributed by atoms with Crippen LogP contribution < -0.4 is 0 Å². The van der Waals surface area contributed by atoms with Crippen molar-refractivity contribution in [3.8, 4) is 0 Å². The molecule has 3 rings (SSSR count). The van der Waals surface area contributed by atoms with Crippen LogP contribution in [0.5, 0.6) is 0 Å². The maximum Gasteiger partial charge on any atom is 0.0837 e. The lowest BCUT2D eigenvalue weighted by atomic mass is 9.89. The summed E-state index contributed by atoms with van der Waals surface area (Å²) < 4.78 is 6.15. The van der Waals surface area contributed by atoms with E-state index in [2.05, 4.69) is 24.3 Å². The van der Waals surface area contributed by atoms with Crippen molar-refractivity contribution >= 4 is 0 Å². The second-order valence-electron chi connectivity index (χ2n) is 5.66. The minimum Gasteiger partial charge on any atom is -0.390 e. The summed E-state index contributed by atoms with van der Waals surface area (Å²) in [7, 11) is 0. The van der Waals surface area contributed by atoms with Crippen molar-refractivity contribution in [3.05, 3.63) is 35.4 Å². The molecule has 0 heterocycles. The van der Waals surface area contributed by atoms with E-state index in [0.717, 1.165) is 38.5 Å². The predicted molar refractivity (Wildman–Crippen MR) is 71.6 cm³/mol. The van der Waals surface area contributed by atoms with Gasteiger partial charge in [0.05, 0.1) is 18.3 Å². The quantitative estimate of drug-likeness (QED) is 0.869. The topological polar surface area (TPSA) is 29.5 Å². The van der Waals surface area contributed by atoms with Gasteiger partial charge in [0.25, 0.3) is 0 Å². The Hall–Kier alpha value is -0.860. The monoisotopic (exact) mass is 246 g/mol. The molecule has 0 spiro atoms. The van der Waals surface area contributed by atoms with Crippen molar-refractivity contribution in [1.29, 1.82) is 0 Å². The van der Waals surface area contributed by atoms with Crippen LogP contribution >= 0.6 is 0 Å². The minimum atomic E-state index is -0.240. The van der Waals surface area contributed by atoms with Crippen LogP contribution in [0.2, 0.25) is 0 Å². The Morgan fingerprint density at radius 1 is 1.00 bits per heavy atom. The van der Waals surface area contributed by atoms with Crippen molar-refractivity contribution in [3.63, 3.8) is 0 Å². The Morgan fingerprint density at radius 3 is 2.61 bits per heavy atom. The second kappa shape index (κ2) is 5.41. The number of rotatable bonds is 2. The highest BCUT2D eigenvalue weighted by Crippen LogP contribution is 2.28. The number of aliphatic hydroxyl groups is 1. The van der Waals surface area contributed by atoms with E-state index >= 15 is 0 Å². The van der Waals surface area contributed by atoms with Crippen LogP contribution in [-0.4, -0.2) is 23.4 Å². The highest BCUT2D eigenvalue weighted by Gasteiger charge is 2.28. The summed E-state index contributed by atoms with van der Waals surface area (Å²) >= 11 is 0. The van der Waals surface area contributed by atoms with Crippen molar-refractivity contribution < 1.29 is 9.84 Å². The number of aliphatic hydroxyl groups excluding tert-OH is 1. The molecule has 98 valence electrons. The third kappa shape index (κ3) is 2.60. The number of benzene rings is 1. The lowest BCUT2D eigenvalue weighted by molar-refractivity contribution is -0.0967. The van der Waals surface area contributed by atoms with Gasteiger partial charge in [-0.2, -0.15) is 0 Å². The Morgan fingerprint density at radius 2 is 1.78 bits per heavy atom. The van der Waals surface area contributed by atoms with Crippen LogP contribution in [0.15, 0.2) is 24.3 Å². The third-order valence-corrected chi connectivity index (χ3v) is 4.34. The lowest BCUT2D eigenvalue weighted by Gasteiger charge is -2.33. The van der Waals surface area contributed by atoms with E-state index in [-0.39, 0.29) is 12.2 Å². The molecule has 0 amide bonds. The molecule has 0 aromatic heterocycles. The molecule has 18 heavy (non-hydrogen) atoms. The highest BCUT2D eigenvalue weighted by molar-refractivity contribution is 5.29. The van der Waals surface area contributed by atoms with Gasteiger partial charge in [0.1, 0.15) is 0 Å². The zero-order chi connectivity index (χ0) is 12.4. The molecule has 2 aliphatic rings. The number of hydrogen-bond donors (Lipinski definition) is 1. The molecule has 0 unspecified atom stereocenters. The number of fused-ring (bicyclic) bond motifs is 1. The predicted octanol–water partition coefficient (Wildman–Crippen LogP) is 2.86. The van der Waals surface area contributed by atoms with Crippen LogP contribution in [-0.2, 0) is 17.6 Å². The van der Waals surface area contributed by atoms with Gasteiger partial charge in [-0.15, -0.1) is 0 Å². The Kier molecular flexibility index (Phi) is 3.67. The number of hydrogen-bond acceptors (Lipinski definition) is 2. The Bertz CT molecular complexity index is 402. The van der Waals surface area contributed by atoms with Crippen LogP contribution in [0.4, 0.5) is 0 Å². The fourth-order valence-electron chi connectivity index (χ4n) is 3.26. The van der Waals surface area contributed by atoms with E-state index < -0.39 is 0 Å². The maximum atomic E-state index is 9.97. The van der Waals surface area contributed by atoms with E-state index in [0.29, 0.717) is 6.10 Å². The summed E-state index contributed by atoms with van der Waals surface area (Å²) in [6, 6.07) is 8.66. The van der Waals surface area contributed by atoms with E-state index in [1.54, 1.807) is 0 Å². The van der Waals surface area contributed by atoms with Gasteiger partial charge in [-0.25, -0.2) is 0 Å². The van der Waals surface area contributed by atoms with Crippen LogP contribution in [0.3, 0.4) is 0 Å². The summed E-state index contributed by atoms with van der Waals surface area (Å²) in [6.45, 7) is 0. The van der Waals surface area contributed by atoms with Gasteiger partial charge in [0, 0.05) is 0 Å². The van der Waals surface area contributed by atoms with E-state index in [1.807, 2.05) is 0 Å². The molecule has 1 aromatic rings. The van der Waals surface area contributed by atoms with Gasteiger partial charge in [-0.1, -0.05) is 37.1 Å². The van der Waals surface area contributed by atoms with Crippen LogP contribution in [0.1, 0.15) is 43.2 Å². The molecule has 3 atom stereocenters. The first-order valence-corrected chi connectivity index (χ1v) is 7.23. The standard InChI is InChI=1S/C16H22O2/c17-15-7-3-4-8-16(15)18-14-10-9-12-5-1-2-6-13(12)11-14/h1-2,5-6,14-17H,3-4,7-11H2/t14-,15-,16+/m0/s1. The molecule has 1 saturated carbocycles. The summed E-state index contributed by atoms with van der Waals surface area (Å²) in [5.41, 5.74) is 2.90. The van der Waals surface area contributed by atoms with Crippen molar-refractivity contribution in [1.82, 2.24) is 0 Å². The van der Waals surface area contributed by atoms with Crippen LogP contribution in [0.25, 0.3) is 0 Å². The first-order chi connectivity index (χ1) is 8.83. The zero-order valence-electron chi connectivity index (χ0n) is 10.8. The summed E-state index contributed by atoms with van der Waals surface area (Å²) in [5.74, 6) is 0. The van der Waals surface area contributed by atoms with Gasteiger partial charge in [0.15, 0.2) is 0 Å². The molecule has 0 radical (unpaired) electrons. The zero-order valence-corrected chi connectivity index (χ0v) is 10.8. The van der Waals surface area contributed by atoms with Crippen LogP contribution in [0, 0.1) is 0 Å². The van der Waals surface area contributed by atoms with E-state index in [1.165, 1.54) is 17.5 Å². The van der Waals surface area contributed by atoms with Crippen molar-refractivity contribution in [2.24, 2.45) is 0 Å². The summed E-state index contributed by atoms with van der Waals surface area (Å²) in [4.78, 5) is 0. The smallest absolute Gasteiger partial charge is 0.0837 e. The van der Waals surface area contributed by atoms with Gasteiger partial charge >= 0.3 is 0 Å². The fraction of sp³-hybridized carbons (Fsp3) is 0.625. The molecule has 0 bridgehead atoms. The number of aryl methyl sites for hydroxylation is 1. The molecular formula is C16H22O2. The second-order valence-corrected chi connectivity index (χ2v) is 5.66. The lowest BCUT2D eigenvalue weighted by Crippen LogP contribution is -2.37. The Labute approximate surface area is 109 Å². The maximum absolute atomic E-state index is 9.97. The van der Waals surface area contributed by atoms with Gasteiger partial charge in [-0.3, -0.25) is 0 Å². The highest BCUT2D eigenvalue weighted by atomic mass is 16.5. The molecular weight excluding hydrogens is 224 g/mol. The fourth-order valence-corrected chi connectivity index (χ4v) is 3.26. The molecule has 2 heteroatoms. The molecule has 1 N–H and O–H groups in total. The molecule has 2 nitrogen and oxygen atoms in total. The molecule has 0 saturated heterocycles. The summed E-state index contributed by atoms with van der Waals surface area (Å²) in [6.07, 6.45) is 7.65. The third-order valence-electron chi connectivity index (χ3n) is 4.34. The molecule has 1 fully saturated rings. The average molecular weight is 246 g/mol. The SMILES string of the molecule is O[C@H]1CCCC[C@H]1O[C@H]1CCc2ccccc2C1. The van der Waals surface area contributed by atoms with Gasteiger partial charge < -0.3 is 9.84 Å². The normalized spacial score (nSPS) is 31.9. The van der Waals surface area contributed by atoms with Gasteiger partial charge in [0.2, 0.25) is 0 Å². The van der Waals surface area contributed by atoms with E-state index in [9.17, 15) is 5.11 Å². The Balaban J connectivity index is 1.62. The van der Waals surface area contributed by atoms with Crippen molar-refractivity contribution in [2.75, 3.05) is 0 Å². The summed E-state index contributed by atoms with van der Waals surface area (Å²) in [5, 5.41) is 9.97. The van der Waals surface area contributed by atoms with Gasteiger partial charge in [-0.05, 0) is 43.2 Å². The van der Waals surface area contributed by atoms with Crippen molar-refractivity contribution in [2.45, 2.75) is 63.3 Å². The molecule has 1 aromatic carbocycles. The largest absolute Gasteiger partial charge is 0.390 e. The van der Waals surface area contributed by atoms with E-state index in [4.69, 9.17) is 4.74 Å². The molecule has 0 aliphatic heterocycles. The minimum absolute atomic E-state index is 0.0778. The molecule has 2 aliphatic carbocycles. The first kappa shape index (κ1) is 12.2. The number of ether oxygens (including phenoxy) is 1. The average Bonchev–Trinajstić information content (AvgIpc) is 2.41.